The molecule has 0 bridgehead atoms. The fourth-order valence-corrected chi connectivity index (χ4v) is 1.46. The second kappa shape index (κ2) is 4.31. The molecule has 0 spiro atoms. The van der Waals surface area contributed by atoms with Crippen LogP contribution >= 0.6 is 0 Å². The Labute approximate surface area is 95.9 Å². The fraction of sp³-hybridized carbons (Fsp3) is 0.818. The van der Waals surface area contributed by atoms with Gasteiger partial charge in [0.1, 0.15) is 5.60 Å². The van der Waals surface area contributed by atoms with E-state index < -0.39 is 17.1 Å². The molecule has 1 fully saturated rings. The molecular weight excluding hydrogens is 208 g/mol. The summed E-state index contributed by atoms with van der Waals surface area (Å²) in [6.07, 6.45) is 1.17. The Morgan fingerprint density at radius 3 is 2.25 bits per heavy atom. The van der Waals surface area contributed by atoms with Crippen LogP contribution in [-0.2, 0) is 9.53 Å². The molecule has 0 aromatic heterocycles. The molecule has 0 aromatic carbocycles. The molecule has 16 heavy (non-hydrogen) atoms. The highest BCUT2D eigenvalue weighted by molar-refractivity contribution is 5.85. The lowest BCUT2D eigenvalue weighted by atomic mass is 10.1. The normalized spacial score (nSPS) is 17.5. The van der Waals surface area contributed by atoms with Gasteiger partial charge in [-0.15, -0.1) is 0 Å². The Morgan fingerprint density at radius 1 is 1.31 bits per heavy atom. The van der Waals surface area contributed by atoms with Gasteiger partial charge in [0.2, 0.25) is 5.91 Å². The van der Waals surface area contributed by atoms with Crippen LogP contribution in [0.3, 0.4) is 0 Å². The summed E-state index contributed by atoms with van der Waals surface area (Å²) < 4.78 is 5.09. The van der Waals surface area contributed by atoms with Gasteiger partial charge in [0.15, 0.2) is 0 Å². The number of hydrogen-bond acceptors (Lipinski definition) is 3. The molecule has 1 aliphatic rings. The van der Waals surface area contributed by atoms with Gasteiger partial charge in [-0.1, -0.05) is 0 Å². The minimum absolute atomic E-state index is 0.0106. The highest BCUT2D eigenvalue weighted by Crippen LogP contribution is 2.45. The molecule has 0 saturated heterocycles. The second-order valence-corrected chi connectivity index (χ2v) is 5.21. The molecule has 1 aliphatic carbocycles. The molecule has 1 saturated carbocycles. The maximum atomic E-state index is 11.5. The van der Waals surface area contributed by atoms with Crippen LogP contribution in [-0.4, -0.2) is 31.2 Å². The van der Waals surface area contributed by atoms with Crippen molar-refractivity contribution in [3.8, 4) is 0 Å². The van der Waals surface area contributed by atoms with Gasteiger partial charge in [0, 0.05) is 13.6 Å². The van der Waals surface area contributed by atoms with Crippen LogP contribution in [0.4, 0.5) is 4.79 Å². The topological polar surface area (TPSA) is 67.4 Å². The highest BCUT2D eigenvalue weighted by Gasteiger charge is 2.49. The third-order valence-corrected chi connectivity index (χ3v) is 2.53. The van der Waals surface area contributed by atoms with Gasteiger partial charge in [-0.2, -0.15) is 0 Å². The monoisotopic (exact) mass is 228 g/mol. The summed E-state index contributed by atoms with van der Waals surface area (Å²) in [7, 11) is 1.61. The largest absolute Gasteiger partial charge is 0.444 e. The number of hydrogen-bond donors (Lipinski definition) is 2. The molecule has 0 unspecified atom stereocenters. The first-order chi connectivity index (χ1) is 7.29. The van der Waals surface area contributed by atoms with Crippen molar-refractivity contribution >= 4 is 12.0 Å². The summed E-state index contributed by atoms with van der Waals surface area (Å²) in [5.74, 6) is -0.0106. The summed E-state index contributed by atoms with van der Waals surface area (Å²) in [6.45, 7) is 5.76. The van der Waals surface area contributed by atoms with Crippen molar-refractivity contribution in [2.24, 2.45) is 5.41 Å². The van der Waals surface area contributed by atoms with Crippen LogP contribution in [0.5, 0.6) is 0 Å². The Kier molecular flexibility index (Phi) is 3.45. The molecular formula is C11H20N2O3. The zero-order valence-electron chi connectivity index (χ0n) is 10.3. The zero-order chi connectivity index (χ0) is 12.4. The van der Waals surface area contributed by atoms with E-state index in [0.717, 1.165) is 12.8 Å². The van der Waals surface area contributed by atoms with Crippen LogP contribution in [0.25, 0.3) is 0 Å². The van der Waals surface area contributed by atoms with Crippen LogP contribution < -0.4 is 10.6 Å². The van der Waals surface area contributed by atoms with Crippen molar-refractivity contribution < 1.29 is 14.3 Å². The van der Waals surface area contributed by atoms with E-state index in [1.165, 1.54) is 0 Å². The number of carbonyl (C=O) groups excluding carboxylic acids is 2. The van der Waals surface area contributed by atoms with Gasteiger partial charge < -0.3 is 15.4 Å². The molecule has 0 atom stereocenters. The van der Waals surface area contributed by atoms with E-state index in [4.69, 9.17) is 4.74 Å². The van der Waals surface area contributed by atoms with E-state index in [2.05, 4.69) is 10.6 Å². The summed E-state index contributed by atoms with van der Waals surface area (Å²) in [4.78, 5) is 22.9. The Morgan fingerprint density at radius 2 is 1.88 bits per heavy atom. The molecule has 0 heterocycles. The smallest absolute Gasteiger partial charge is 0.407 e. The van der Waals surface area contributed by atoms with Gasteiger partial charge in [0.05, 0.1) is 5.41 Å². The van der Waals surface area contributed by atoms with Crippen LogP contribution in [0.1, 0.15) is 33.6 Å². The van der Waals surface area contributed by atoms with E-state index in [-0.39, 0.29) is 5.91 Å². The molecule has 92 valence electrons. The third kappa shape index (κ3) is 3.40. The minimum atomic E-state index is -0.506. The van der Waals surface area contributed by atoms with E-state index in [0.29, 0.717) is 6.54 Å². The summed E-state index contributed by atoms with van der Waals surface area (Å²) >= 11 is 0. The first-order valence-electron chi connectivity index (χ1n) is 5.48. The maximum Gasteiger partial charge on any atom is 0.407 e. The molecule has 5 nitrogen and oxygen atoms in total. The standard InChI is InChI=1S/C11H20N2O3/c1-10(2,3)16-9(15)13-7-11(5-6-11)8(14)12-4/h5-7H2,1-4H3,(H,12,14)(H,13,15). The quantitative estimate of drug-likeness (QED) is 0.758. The van der Waals surface area contributed by atoms with Gasteiger partial charge in [-0.05, 0) is 33.6 Å². The average molecular weight is 228 g/mol. The molecule has 0 aromatic rings. The minimum Gasteiger partial charge on any atom is -0.444 e. The number of nitrogens with one attached hydrogen (secondary N) is 2. The first-order valence-corrected chi connectivity index (χ1v) is 5.48. The number of alkyl carbamates (subject to hydrolysis) is 1. The van der Waals surface area contributed by atoms with Crippen molar-refractivity contribution in [1.82, 2.24) is 10.6 Å². The molecule has 5 heteroatoms. The second-order valence-electron chi connectivity index (χ2n) is 5.21. The number of carbonyl (C=O) groups is 2. The van der Waals surface area contributed by atoms with Crippen molar-refractivity contribution in [2.45, 2.75) is 39.2 Å². The Balaban J connectivity index is 2.35. The predicted molar refractivity (Wildman–Crippen MR) is 60.0 cm³/mol. The summed E-state index contributed by atoms with van der Waals surface area (Å²) in [6, 6.07) is 0. The maximum absolute atomic E-state index is 11.5. The molecule has 2 N–H and O–H groups in total. The Bertz CT molecular complexity index is 290. The molecule has 0 aliphatic heterocycles. The number of ether oxygens (including phenoxy) is 1. The molecule has 0 radical (unpaired) electrons. The zero-order valence-corrected chi connectivity index (χ0v) is 10.3. The van der Waals surface area contributed by atoms with Crippen LogP contribution in [0.15, 0.2) is 0 Å². The highest BCUT2D eigenvalue weighted by atomic mass is 16.6. The Hall–Kier alpha value is -1.26. The van der Waals surface area contributed by atoms with E-state index in [1.807, 2.05) is 0 Å². The van der Waals surface area contributed by atoms with Gasteiger partial charge in [0.25, 0.3) is 0 Å². The van der Waals surface area contributed by atoms with Crippen molar-refractivity contribution in [3.63, 3.8) is 0 Å². The molecule has 1 rings (SSSR count). The van der Waals surface area contributed by atoms with E-state index >= 15 is 0 Å². The van der Waals surface area contributed by atoms with Gasteiger partial charge in [-0.25, -0.2) is 4.79 Å². The summed E-state index contributed by atoms with van der Waals surface area (Å²) in [5, 5.41) is 5.24. The lowest BCUT2D eigenvalue weighted by Gasteiger charge is -2.21. The van der Waals surface area contributed by atoms with Crippen LogP contribution in [0.2, 0.25) is 0 Å². The predicted octanol–water partition coefficient (Wildman–Crippen LogP) is 1.04. The van der Waals surface area contributed by atoms with Crippen molar-refractivity contribution in [1.29, 1.82) is 0 Å². The van der Waals surface area contributed by atoms with E-state index in [9.17, 15) is 9.59 Å². The third-order valence-electron chi connectivity index (χ3n) is 2.53. The van der Waals surface area contributed by atoms with Crippen LogP contribution in [0, 0.1) is 5.41 Å². The lowest BCUT2D eigenvalue weighted by Crippen LogP contribution is -2.41. The first kappa shape index (κ1) is 12.8. The van der Waals surface area contributed by atoms with Gasteiger partial charge >= 0.3 is 6.09 Å². The average Bonchev–Trinajstić information content (AvgIpc) is 2.92. The fourth-order valence-electron chi connectivity index (χ4n) is 1.46. The molecule has 2 amide bonds. The van der Waals surface area contributed by atoms with E-state index in [1.54, 1.807) is 27.8 Å². The number of amides is 2. The lowest BCUT2D eigenvalue weighted by molar-refractivity contribution is -0.125. The summed E-state index contributed by atoms with van der Waals surface area (Å²) in [5.41, 5.74) is -0.903. The van der Waals surface area contributed by atoms with Crippen molar-refractivity contribution in [3.05, 3.63) is 0 Å². The number of rotatable bonds is 3. The van der Waals surface area contributed by atoms with Crippen molar-refractivity contribution in [2.75, 3.05) is 13.6 Å². The van der Waals surface area contributed by atoms with Gasteiger partial charge in [-0.3, -0.25) is 4.79 Å². The SMILES string of the molecule is CNC(=O)C1(CNC(=O)OC(C)(C)C)CC1.